The lowest BCUT2D eigenvalue weighted by atomic mass is 10.2. The molecule has 1 aromatic carbocycles. The summed E-state index contributed by atoms with van der Waals surface area (Å²) in [6.07, 6.45) is 0.834. The van der Waals surface area contributed by atoms with Gasteiger partial charge in [-0.05, 0) is 44.1 Å². The van der Waals surface area contributed by atoms with Crippen LogP contribution in [0.25, 0.3) is 0 Å². The number of hydrogen-bond acceptors (Lipinski definition) is 3. The van der Waals surface area contributed by atoms with E-state index in [0.717, 1.165) is 26.1 Å². The second-order valence-electron chi connectivity index (χ2n) is 5.59. The van der Waals surface area contributed by atoms with Gasteiger partial charge < -0.3 is 4.90 Å². The molecule has 0 radical (unpaired) electrons. The molecule has 0 bridgehead atoms. The Hall–Kier alpha value is -0.980. The minimum atomic E-state index is -3.42. The molecular weight excluding hydrogens is 291 g/mol. The highest BCUT2D eigenvalue weighted by atomic mass is 32.2. The Morgan fingerprint density at radius 3 is 2.76 bits per heavy atom. The minimum absolute atomic E-state index is 0.0500. The molecule has 4 nitrogen and oxygen atoms in total. The first-order valence-corrected chi connectivity index (χ1v) is 8.99. The summed E-state index contributed by atoms with van der Waals surface area (Å²) >= 11 is 0. The van der Waals surface area contributed by atoms with E-state index >= 15 is 0 Å². The predicted molar refractivity (Wildman–Crippen MR) is 81.9 cm³/mol. The van der Waals surface area contributed by atoms with Crippen LogP contribution in [0.4, 0.5) is 4.39 Å². The SMILES string of the molecule is CCN1CCCN(S(=O)(=O)Cc2cccc(F)c2)C(C)C1. The van der Waals surface area contributed by atoms with Gasteiger partial charge in [0.15, 0.2) is 0 Å². The molecule has 0 amide bonds. The summed E-state index contributed by atoms with van der Waals surface area (Å²) in [6.45, 7) is 7.17. The van der Waals surface area contributed by atoms with E-state index in [-0.39, 0.29) is 11.8 Å². The largest absolute Gasteiger partial charge is 0.302 e. The maximum atomic E-state index is 13.2. The molecule has 118 valence electrons. The zero-order valence-corrected chi connectivity index (χ0v) is 13.4. The van der Waals surface area contributed by atoms with Crippen LogP contribution in [0.5, 0.6) is 0 Å². The summed E-state index contributed by atoms with van der Waals surface area (Å²) in [6, 6.07) is 5.76. The quantitative estimate of drug-likeness (QED) is 0.854. The molecule has 1 fully saturated rings. The van der Waals surface area contributed by atoms with Gasteiger partial charge in [0.2, 0.25) is 10.0 Å². The first-order valence-electron chi connectivity index (χ1n) is 7.38. The highest BCUT2D eigenvalue weighted by molar-refractivity contribution is 7.88. The van der Waals surface area contributed by atoms with Gasteiger partial charge in [0.1, 0.15) is 5.82 Å². The first kappa shape index (κ1) is 16.4. The summed E-state index contributed by atoms with van der Waals surface area (Å²) in [5, 5.41) is 0. The third kappa shape index (κ3) is 4.25. The maximum Gasteiger partial charge on any atom is 0.218 e. The van der Waals surface area contributed by atoms with Crippen molar-refractivity contribution < 1.29 is 12.8 Å². The van der Waals surface area contributed by atoms with Crippen molar-refractivity contribution in [2.75, 3.05) is 26.2 Å². The van der Waals surface area contributed by atoms with Crippen molar-refractivity contribution in [2.24, 2.45) is 0 Å². The Kier molecular flexibility index (Phi) is 5.35. The fourth-order valence-corrected chi connectivity index (χ4v) is 4.64. The molecule has 1 saturated heterocycles. The molecule has 1 aliphatic heterocycles. The first-order chi connectivity index (χ1) is 9.92. The van der Waals surface area contributed by atoms with E-state index in [9.17, 15) is 12.8 Å². The molecule has 1 heterocycles. The van der Waals surface area contributed by atoms with Crippen LogP contribution in [0, 0.1) is 5.82 Å². The average Bonchev–Trinajstić information content (AvgIpc) is 2.60. The van der Waals surface area contributed by atoms with Crippen LogP contribution in [0.3, 0.4) is 0 Å². The van der Waals surface area contributed by atoms with Crippen molar-refractivity contribution >= 4 is 10.0 Å². The van der Waals surface area contributed by atoms with E-state index < -0.39 is 15.8 Å². The Morgan fingerprint density at radius 2 is 2.10 bits per heavy atom. The molecule has 6 heteroatoms. The second-order valence-corrected chi connectivity index (χ2v) is 7.51. The van der Waals surface area contributed by atoms with Gasteiger partial charge in [0.25, 0.3) is 0 Å². The van der Waals surface area contributed by atoms with Gasteiger partial charge in [0.05, 0.1) is 5.75 Å². The molecule has 1 atom stereocenters. The van der Waals surface area contributed by atoms with Crippen LogP contribution in [0.2, 0.25) is 0 Å². The summed E-state index contributed by atoms with van der Waals surface area (Å²) in [5.41, 5.74) is 0.499. The van der Waals surface area contributed by atoms with Crippen molar-refractivity contribution in [1.82, 2.24) is 9.21 Å². The zero-order chi connectivity index (χ0) is 15.5. The lowest BCUT2D eigenvalue weighted by Crippen LogP contribution is -2.43. The number of hydrogen-bond donors (Lipinski definition) is 0. The Bertz CT molecular complexity index is 577. The maximum absolute atomic E-state index is 13.2. The topological polar surface area (TPSA) is 40.6 Å². The van der Waals surface area contributed by atoms with Gasteiger partial charge in [-0.2, -0.15) is 4.31 Å². The molecule has 2 rings (SSSR count). The van der Waals surface area contributed by atoms with Crippen LogP contribution in [-0.4, -0.2) is 49.8 Å². The van der Waals surface area contributed by atoms with Gasteiger partial charge in [0, 0.05) is 19.1 Å². The van der Waals surface area contributed by atoms with Crippen molar-refractivity contribution in [2.45, 2.75) is 32.1 Å². The van der Waals surface area contributed by atoms with E-state index in [2.05, 4.69) is 11.8 Å². The summed E-state index contributed by atoms with van der Waals surface area (Å²) in [7, 11) is -3.42. The molecule has 0 spiro atoms. The second kappa shape index (κ2) is 6.85. The standard InChI is InChI=1S/C15H23FN2O2S/c1-3-17-8-5-9-18(13(2)11-17)21(19,20)12-14-6-4-7-15(16)10-14/h4,6-7,10,13H,3,5,8-9,11-12H2,1-2H3. The van der Waals surface area contributed by atoms with E-state index in [1.807, 2.05) is 6.92 Å². The molecule has 0 saturated carbocycles. The minimum Gasteiger partial charge on any atom is -0.302 e. The van der Waals surface area contributed by atoms with Gasteiger partial charge in [-0.25, -0.2) is 12.8 Å². The summed E-state index contributed by atoms with van der Waals surface area (Å²) in [4.78, 5) is 2.27. The highest BCUT2D eigenvalue weighted by Gasteiger charge is 2.30. The van der Waals surface area contributed by atoms with E-state index in [1.54, 1.807) is 16.4 Å². The molecule has 1 unspecified atom stereocenters. The van der Waals surface area contributed by atoms with Crippen LogP contribution in [0.1, 0.15) is 25.8 Å². The number of halogens is 1. The van der Waals surface area contributed by atoms with Crippen LogP contribution in [-0.2, 0) is 15.8 Å². The number of likely N-dealkylation sites (N-methyl/N-ethyl adjacent to an activating group) is 1. The molecule has 1 aromatic rings. The molecule has 0 aliphatic carbocycles. The van der Waals surface area contributed by atoms with Crippen molar-refractivity contribution in [3.05, 3.63) is 35.6 Å². The van der Waals surface area contributed by atoms with Crippen molar-refractivity contribution in [3.63, 3.8) is 0 Å². The Labute approximate surface area is 126 Å². The molecule has 0 aromatic heterocycles. The van der Waals surface area contributed by atoms with Crippen LogP contribution >= 0.6 is 0 Å². The summed E-state index contributed by atoms with van der Waals surface area (Å²) in [5.74, 6) is -0.537. The highest BCUT2D eigenvalue weighted by Crippen LogP contribution is 2.18. The van der Waals surface area contributed by atoms with E-state index in [0.29, 0.717) is 12.1 Å². The zero-order valence-electron chi connectivity index (χ0n) is 12.6. The number of rotatable bonds is 4. The van der Waals surface area contributed by atoms with E-state index in [4.69, 9.17) is 0 Å². The molecule has 0 N–H and O–H groups in total. The lowest BCUT2D eigenvalue weighted by molar-refractivity contribution is 0.261. The monoisotopic (exact) mass is 314 g/mol. The molecular formula is C15H23FN2O2S. The fourth-order valence-electron chi connectivity index (χ4n) is 2.85. The lowest BCUT2D eigenvalue weighted by Gasteiger charge is -2.28. The Morgan fingerprint density at radius 1 is 1.33 bits per heavy atom. The van der Waals surface area contributed by atoms with Gasteiger partial charge >= 0.3 is 0 Å². The smallest absolute Gasteiger partial charge is 0.218 e. The number of sulfonamides is 1. The van der Waals surface area contributed by atoms with E-state index in [1.165, 1.54) is 12.1 Å². The van der Waals surface area contributed by atoms with Gasteiger partial charge in [-0.3, -0.25) is 0 Å². The fraction of sp³-hybridized carbons (Fsp3) is 0.600. The number of nitrogens with zero attached hydrogens (tertiary/aromatic N) is 2. The van der Waals surface area contributed by atoms with Crippen LogP contribution < -0.4 is 0 Å². The third-order valence-electron chi connectivity index (χ3n) is 3.91. The Balaban J connectivity index is 2.14. The van der Waals surface area contributed by atoms with Crippen molar-refractivity contribution in [3.8, 4) is 0 Å². The molecule has 21 heavy (non-hydrogen) atoms. The summed E-state index contributed by atoms with van der Waals surface area (Å²) < 4.78 is 40.0. The normalized spacial score (nSPS) is 22.1. The predicted octanol–water partition coefficient (Wildman–Crippen LogP) is 2.07. The van der Waals surface area contributed by atoms with Crippen molar-refractivity contribution in [1.29, 1.82) is 0 Å². The average molecular weight is 314 g/mol. The van der Waals surface area contributed by atoms with Gasteiger partial charge in [-0.15, -0.1) is 0 Å². The number of benzene rings is 1. The van der Waals surface area contributed by atoms with Gasteiger partial charge in [-0.1, -0.05) is 19.1 Å². The molecule has 1 aliphatic rings. The third-order valence-corrected chi connectivity index (χ3v) is 5.86. The van der Waals surface area contributed by atoms with Crippen LogP contribution in [0.15, 0.2) is 24.3 Å².